The highest BCUT2D eigenvalue weighted by atomic mass is 19.1. The molecule has 1 aromatic rings. The number of rotatable bonds is 4. The summed E-state index contributed by atoms with van der Waals surface area (Å²) in [6.07, 6.45) is 1.50. The number of hydrogen-bond acceptors (Lipinski definition) is 3. The zero-order chi connectivity index (χ0) is 15.2. The Balaban J connectivity index is 1.74. The summed E-state index contributed by atoms with van der Waals surface area (Å²) in [6, 6.07) is 5.71. The van der Waals surface area contributed by atoms with Gasteiger partial charge in [0.1, 0.15) is 11.6 Å². The second-order valence-electron chi connectivity index (χ2n) is 5.10. The SMILES string of the molecule is CC(=O)NC1CCN(C(=O)COc2ccc(F)cc2)CC1. The van der Waals surface area contributed by atoms with E-state index in [9.17, 15) is 14.0 Å². The van der Waals surface area contributed by atoms with Crippen LogP contribution in [0.3, 0.4) is 0 Å². The van der Waals surface area contributed by atoms with Crippen molar-refractivity contribution in [2.75, 3.05) is 19.7 Å². The van der Waals surface area contributed by atoms with E-state index in [1.165, 1.54) is 31.2 Å². The average Bonchev–Trinajstić information content (AvgIpc) is 2.46. The Hall–Kier alpha value is -2.11. The molecule has 0 aliphatic carbocycles. The largest absolute Gasteiger partial charge is 0.484 e. The first-order valence-corrected chi connectivity index (χ1v) is 6.98. The summed E-state index contributed by atoms with van der Waals surface area (Å²) in [7, 11) is 0. The molecule has 5 nitrogen and oxygen atoms in total. The molecule has 0 unspecified atom stereocenters. The van der Waals surface area contributed by atoms with Crippen molar-refractivity contribution in [3.05, 3.63) is 30.1 Å². The van der Waals surface area contributed by atoms with Crippen molar-refractivity contribution in [3.63, 3.8) is 0 Å². The molecule has 1 aliphatic rings. The second kappa shape index (κ2) is 7.06. The molecule has 0 bridgehead atoms. The Bertz CT molecular complexity index is 496. The van der Waals surface area contributed by atoms with Gasteiger partial charge in [-0.3, -0.25) is 9.59 Å². The summed E-state index contributed by atoms with van der Waals surface area (Å²) in [5, 5.41) is 2.86. The Morgan fingerprint density at radius 3 is 2.48 bits per heavy atom. The van der Waals surface area contributed by atoms with Gasteiger partial charge in [-0.2, -0.15) is 0 Å². The van der Waals surface area contributed by atoms with E-state index in [1.54, 1.807) is 4.90 Å². The van der Waals surface area contributed by atoms with Crippen molar-refractivity contribution < 1.29 is 18.7 Å². The summed E-state index contributed by atoms with van der Waals surface area (Å²) in [4.78, 5) is 24.7. The van der Waals surface area contributed by atoms with Crippen LogP contribution < -0.4 is 10.1 Å². The molecule has 114 valence electrons. The quantitative estimate of drug-likeness (QED) is 0.911. The number of halogens is 1. The van der Waals surface area contributed by atoms with E-state index < -0.39 is 0 Å². The van der Waals surface area contributed by atoms with Gasteiger partial charge in [0, 0.05) is 26.1 Å². The highest BCUT2D eigenvalue weighted by molar-refractivity contribution is 5.78. The Labute approximate surface area is 123 Å². The van der Waals surface area contributed by atoms with Crippen molar-refractivity contribution in [1.29, 1.82) is 0 Å². The molecule has 21 heavy (non-hydrogen) atoms. The predicted octanol–water partition coefficient (Wildman–Crippen LogP) is 1.33. The molecular weight excluding hydrogens is 275 g/mol. The van der Waals surface area contributed by atoms with Crippen LogP contribution in [0, 0.1) is 5.82 Å². The minimum atomic E-state index is -0.339. The Morgan fingerprint density at radius 1 is 1.29 bits per heavy atom. The third kappa shape index (κ3) is 4.73. The van der Waals surface area contributed by atoms with Crippen molar-refractivity contribution in [2.24, 2.45) is 0 Å². The molecule has 1 N–H and O–H groups in total. The highest BCUT2D eigenvalue weighted by Gasteiger charge is 2.23. The molecule has 2 rings (SSSR count). The van der Waals surface area contributed by atoms with Gasteiger partial charge in [0.15, 0.2) is 6.61 Å². The van der Waals surface area contributed by atoms with Crippen LogP contribution in [0.5, 0.6) is 5.75 Å². The molecule has 2 amide bonds. The van der Waals surface area contributed by atoms with Crippen LogP contribution in [0.15, 0.2) is 24.3 Å². The van der Waals surface area contributed by atoms with Crippen molar-refractivity contribution >= 4 is 11.8 Å². The number of nitrogens with zero attached hydrogens (tertiary/aromatic N) is 1. The monoisotopic (exact) mass is 294 g/mol. The number of hydrogen-bond donors (Lipinski definition) is 1. The highest BCUT2D eigenvalue weighted by Crippen LogP contribution is 2.13. The van der Waals surface area contributed by atoms with E-state index in [-0.39, 0.29) is 30.3 Å². The summed E-state index contributed by atoms with van der Waals surface area (Å²) in [6.45, 7) is 2.65. The molecule has 0 atom stereocenters. The third-order valence-corrected chi connectivity index (χ3v) is 3.43. The lowest BCUT2D eigenvalue weighted by Gasteiger charge is -2.32. The zero-order valence-electron chi connectivity index (χ0n) is 12.0. The van der Waals surface area contributed by atoms with Crippen LogP contribution in [-0.4, -0.2) is 42.5 Å². The maximum atomic E-state index is 12.7. The first-order chi connectivity index (χ1) is 10.0. The van der Waals surface area contributed by atoms with E-state index in [2.05, 4.69) is 5.32 Å². The zero-order valence-corrected chi connectivity index (χ0v) is 12.0. The van der Waals surface area contributed by atoms with Crippen LogP contribution >= 0.6 is 0 Å². The number of nitrogens with one attached hydrogen (secondary N) is 1. The number of carbonyl (C=O) groups is 2. The van der Waals surface area contributed by atoms with Crippen molar-refractivity contribution in [1.82, 2.24) is 10.2 Å². The van der Waals surface area contributed by atoms with E-state index in [0.717, 1.165) is 12.8 Å². The normalized spacial score (nSPS) is 15.6. The van der Waals surface area contributed by atoms with Gasteiger partial charge in [0.05, 0.1) is 0 Å². The summed E-state index contributed by atoms with van der Waals surface area (Å²) >= 11 is 0. The van der Waals surface area contributed by atoms with Crippen molar-refractivity contribution in [3.8, 4) is 5.75 Å². The van der Waals surface area contributed by atoms with E-state index in [0.29, 0.717) is 18.8 Å². The van der Waals surface area contributed by atoms with Crippen LogP contribution in [0.2, 0.25) is 0 Å². The number of benzene rings is 1. The third-order valence-electron chi connectivity index (χ3n) is 3.43. The summed E-state index contributed by atoms with van der Waals surface area (Å²) in [5.74, 6) is -0.00776. The fraction of sp³-hybridized carbons (Fsp3) is 0.467. The van der Waals surface area contributed by atoms with Gasteiger partial charge in [-0.25, -0.2) is 4.39 Å². The molecule has 6 heteroatoms. The molecule has 1 aliphatic heterocycles. The van der Waals surface area contributed by atoms with Gasteiger partial charge >= 0.3 is 0 Å². The predicted molar refractivity (Wildman–Crippen MR) is 75.3 cm³/mol. The first-order valence-electron chi connectivity index (χ1n) is 6.98. The average molecular weight is 294 g/mol. The molecule has 0 saturated carbocycles. The summed E-state index contributed by atoms with van der Waals surface area (Å²) < 4.78 is 18.1. The topological polar surface area (TPSA) is 58.6 Å². The molecular formula is C15H19FN2O3. The van der Waals surface area contributed by atoms with Crippen LogP contribution in [0.4, 0.5) is 4.39 Å². The standard InChI is InChI=1S/C15H19FN2O3/c1-11(19)17-13-6-8-18(9-7-13)15(20)10-21-14-4-2-12(16)3-5-14/h2-5,13H,6-10H2,1H3,(H,17,19). The Kier molecular flexibility index (Phi) is 5.14. The number of carbonyl (C=O) groups excluding carboxylic acids is 2. The van der Waals surface area contributed by atoms with Gasteiger partial charge in [-0.1, -0.05) is 0 Å². The van der Waals surface area contributed by atoms with Gasteiger partial charge in [-0.05, 0) is 37.1 Å². The Morgan fingerprint density at radius 2 is 1.90 bits per heavy atom. The molecule has 1 fully saturated rings. The maximum absolute atomic E-state index is 12.7. The van der Waals surface area contributed by atoms with Gasteiger partial charge < -0.3 is 15.0 Å². The van der Waals surface area contributed by atoms with E-state index in [1.807, 2.05) is 0 Å². The van der Waals surface area contributed by atoms with E-state index >= 15 is 0 Å². The van der Waals surface area contributed by atoms with Crippen LogP contribution in [-0.2, 0) is 9.59 Å². The number of likely N-dealkylation sites (tertiary alicyclic amines) is 1. The molecule has 0 radical (unpaired) electrons. The second-order valence-corrected chi connectivity index (χ2v) is 5.10. The lowest BCUT2D eigenvalue weighted by Crippen LogP contribution is -2.47. The maximum Gasteiger partial charge on any atom is 0.260 e. The molecule has 1 heterocycles. The number of amides is 2. The fourth-order valence-electron chi connectivity index (χ4n) is 2.33. The fourth-order valence-corrected chi connectivity index (χ4v) is 2.33. The van der Waals surface area contributed by atoms with Crippen molar-refractivity contribution in [2.45, 2.75) is 25.8 Å². The minimum absolute atomic E-state index is 0.0422. The first kappa shape index (κ1) is 15.3. The molecule has 0 spiro atoms. The number of piperidine rings is 1. The van der Waals surface area contributed by atoms with Gasteiger partial charge in [0.2, 0.25) is 5.91 Å². The van der Waals surface area contributed by atoms with Gasteiger partial charge in [-0.15, -0.1) is 0 Å². The molecule has 1 saturated heterocycles. The molecule has 1 aromatic carbocycles. The smallest absolute Gasteiger partial charge is 0.260 e. The molecule has 0 aromatic heterocycles. The lowest BCUT2D eigenvalue weighted by atomic mass is 10.1. The number of ether oxygens (including phenoxy) is 1. The minimum Gasteiger partial charge on any atom is -0.484 e. The summed E-state index contributed by atoms with van der Waals surface area (Å²) in [5.41, 5.74) is 0. The lowest BCUT2D eigenvalue weighted by molar-refractivity contribution is -0.134. The van der Waals surface area contributed by atoms with Crippen LogP contribution in [0.25, 0.3) is 0 Å². The van der Waals surface area contributed by atoms with E-state index in [4.69, 9.17) is 4.74 Å². The van der Waals surface area contributed by atoms with Crippen LogP contribution in [0.1, 0.15) is 19.8 Å². The van der Waals surface area contributed by atoms with Gasteiger partial charge in [0.25, 0.3) is 5.91 Å².